The van der Waals surface area contributed by atoms with Crippen LogP contribution in [0.2, 0.25) is 10.0 Å². The molecule has 2 N–H and O–H groups in total. The number of ketones is 1. The molecule has 14 heteroatoms. The summed E-state index contributed by atoms with van der Waals surface area (Å²) >= 11 is 12.6. The molecule has 2 saturated carbocycles. The van der Waals surface area contributed by atoms with Gasteiger partial charge in [-0.15, -0.1) is 0 Å². The third kappa shape index (κ3) is 11.4. The Balaban J connectivity index is 0.000000201. The SMILES string of the molecule is CC(=O)C1CC(Cc2ccc(-c3nc(-c4ccc(OC(C)C)c(Cl)c4)no3)cc2)C1.CC(C)Oc1ccc(-c2noc(-c3ccc(CC4CC(C(=O)O)C4)cc3)n2)cc1Cl.[OH-]. The number of nitrogens with zero attached hydrogens (tertiary/aromatic N) is 4. The van der Waals surface area contributed by atoms with Gasteiger partial charge in [0.05, 0.1) is 28.2 Å². The number of ether oxygens (including phenoxy) is 2. The normalized spacial score (nSPS) is 18.0. The van der Waals surface area contributed by atoms with E-state index in [2.05, 4.69) is 32.4 Å². The summed E-state index contributed by atoms with van der Waals surface area (Å²) in [6, 6.07) is 27.0. The van der Waals surface area contributed by atoms with Crippen molar-refractivity contribution in [2.75, 3.05) is 0 Å². The molecule has 0 aliphatic heterocycles. The first kappa shape index (κ1) is 45.0. The number of carbonyl (C=O) groups excluding carboxylic acids is 1. The largest absolute Gasteiger partial charge is 0.870 e. The van der Waals surface area contributed by atoms with Crippen LogP contribution in [0.5, 0.6) is 11.5 Å². The molecule has 6 aromatic rings. The fourth-order valence-corrected chi connectivity index (χ4v) is 7.92. The fraction of sp³-hybridized carbons (Fsp3) is 0.362. The Kier molecular flexibility index (Phi) is 14.7. The maximum Gasteiger partial charge on any atom is 0.306 e. The fourth-order valence-electron chi connectivity index (χ4n) is 7.47. The Morgan fingerprint density at radius 3 is 1.36 bits per heavy atom. The molecule has 0 unspecified atom stereocenters. The zero-order chi connectivity index (χ0) is 42.5. The number of aromatic nitrogens is 4. The van der Waals surface area contributed by atoms with Gasteiger partial charge in [-0.1, -0.05) is 57.8 Å². The van der Waals surface area contributed by atoms with Gasteiger partial charge < -0.3 is 29.1 Å². The predicted molar refractivity (Wildman–Crippen MR) is 232 cm³/mol. The molecule has 2 fully saturated rings. The number of rotatable bonds is 14. The van der Waals surface area contributed by atoms with Crippen molar-refractivity contribution < 1.29 is 38.7 Å². The van der Waals surface area contributed by atoms with Gasteiger partial charge in [-0.3, -0.25) is 9.59 Å². The molecular formula is C47H49Cl2N4O8-. The monoisotopic (exact) mass is 867 g/mol. The third-order valence-corrected chi connectivity index (χ3v) is 11.4. The average molecular weight is 869 g/mol. The standard InChI is InChI=1S/C24H25ClN2O3.C23H23ClN2O4.H2O/c1-14(2)29-22-9-8-19(13-21(22)25)23-26-24(30-27-23)18-6-4-16(5-7-18)10-17-11-20(12-17)15(3)28;1-13(2)29-20-8-7-17(12-19(20)24)21-25-22(30-26-21)16-5-3-14(4-6-16)9-15-10-18(11-15)23(27)28;/h4-9,13-14,17,20H,10-12H2,1-3H3;3-8,12-13,15,18H,9-11H2,1-2H3,(H,27,28);1H2/p-1. The second-order valence-corrected chi connectivity index (χ2v) is 17.1. The Bertz CT molecular complexity index is 2250. The van der Waals surface area contributed by atoms with Crippen LogP contribution in [-0.2, 0) is 22.4 Å². The number of halogens is 2. The Hall–Kier alpha value is -5.56. The minimum Gasteiger partial charge on any atom is -0.870 e. The molecule has 0 saturated heterocycles. The van der Waals surface area contributed by atoms with E-state index in [0.29, 0.717) is 62.6 Å². The maximum atomic E-state index is 11.4. The molecule has 2 aliphatic rings. The van der Waals surface area contributed by atoms with Crippen molar-refractivity contribution in [1.29, 1.82) is 0 Å². The minimum atomic E-state index is -0.683. The number of carboxylic acids is 1. The Morgan fingerprint density at radius 1 is 0.639 bits per heavy atom. The molecule has 8 rings (SSSR count). The highest BCUT2D eigenvalue weighted by Crippen LogP contribution is 2.38. The van der Waals surface area contributed by atoms with Crippen LogP contribution in [0, 0.1) is 23.7 Å². The van der Waals surface area contributed by atoms with Crippen LogP contribution in [0.4, 0.5) is 0 Å². The number of carbonyl (C=O) groups is 2. The molecule has 0 spiro atoms. The van der Waals surface area contributed by atoms with E-state index in [4.69, 9.17) is 46.8 Å². The number of Topliss-reactive ketones (excluding diaryl/α,β-unsaturated/α-hetero) is 1. The van der Waals surface area contributed by atoms with E-state index in [1.807, 2.05) is 82.3 Å². The summed E-state index contributed by atoms with van der Waals surface area (Å²) < 4.78 is 22.2. The molecule has 320 valence electrons. The van der Waals surface area contributed by atoms with Crippen LogP contribution < -0.4 is 9.47 Å². The molecular weight excluding hydrogens is 819 g/mol. The lowest BCUT2D eigenvalue weighted by molar-refractivity contribution is -0.146. The van der Waals surface area contributed by atoms with Crippen molar-refractivity contribution in [2.45, 2.75) is 85.4 Å². The quantitative estimate of drug-likeness (QED) is 0.110. The van der Waals surface area contributed by atoms with Gasteiger partial charge in [-0.25, -0.2) is 0 Å². The molecule has 2 heterocycles. The molecule has 0 amide bonds. The number of aliphatic carboxylic acids is 1. The lowest BCUT2D eigenvalue weighted by Crippen LogP contribution is -2.31. The van der Waals surface area contributed by atoms with Gasteiger partial charge in [0.1, 0.15) is 17.3 Å². The van der Waals surface area contributed by atoms with E-state index in [1.165, 1.54) is 11.1 Å². The predicted octanol–water partition coefficient (Wildman–Crippen LogP) is 11.3. The van der Waals surface area contributed by atoms with Gasteiger partial charge >= 0.3 is 5.97 Å². The van der Waals surface area contributed by atoms with Gasteiger partial charge in [0.2, 0.25) is 11.6 Å². The summed E-state index contributed by atoms with van der Waals surface area (Å²) in [5.74, 6) is 3.88. The summed E-state index contributed by atoms with van der Waals surface area (Å²) in [6.45, 7) is 9.49. The second kappa shape index (κ2) is 19.9. The van der Waals surface area contributed by atoms with Crippen molar-refractivity contribution in [3.05, 3.63) is 106 Å². The molecule has 0 atom stereocenters. The van der Waals surface area contributed by atoms with Crippen LogP contribution in [0.1, 0.15) is 71.4 Å². The van der Waals surface area contributed by atoms with Crippen LogP contribution in [0.15, 0.2) is 94.0 Å². The zero-order valence-electron chi connectivity index (χ0n) is 34.7. The highest BCUT2D eigenvalue weighted by atomic mass is 35.5. The van der Waals surface area contributed by atoms with Gasteiger partial charge in [-0.2, -0.15) is 9.97 Å². The number of carboxylic acid groups (broad SMARTS) is 1. The highest BCUT2D eigenvalue weighted by Gasteiger charge is 2.34. The van der Waals surface area contributed by atoms with Crippen molar-refractivity contribution in [3.63, 3.8) is 0 Å². The summed E-state index contributed by atoms with van der Waals surface area (Å²) in [7, 11) is 0. The van der Waals surface area contributed by atoms with E-state index in [0.717, 1.165) is 60.8 Å². The van der Waals surface area contributed by atoms with Crippen molar-refractivity contribution in [3.8, 4) is 57.2 Å². The Labute approximate surface area is 364 Å². The topological polar surface area (TPSA) is 181 Å². The van der Waals surface area contributed by atoms with E-state index in [-0.39, 0.29) is 29.5 Å². The van der Waals surface area contributed by atoms with Gasteiger partial charge in [-0.05, 0) is 157 Å². The molecule has 2 aliphatic carbocycles. The van der Waals surface area contributed by atoms with Crippen molar-refractivity contribution in [1.82, 2.24) is 20.3 Å². The molecule has 0 radical (unpaired) electrons. The first-order chi connectivity index (χ1) is 28.8. The smallest absolute Gasteiger partial charge is 0.306 e. The van der Waals surface area contributed by atoms with Gasteiger partial charge in [0, 0.05) is 28.2 Å². The van der Waals surface area contributed by atoms with Crippen LogP contribution in [-0.4, -0.2) is 54.8 Å². The van der Waals surface area contributed by atoms with Gasteiger partial charge in [0.15, 0.2) is 0 Å². The summed E-state index contributed by atoms with van der Waals surface area (Å²) in [5, 5.41) is 18.2. The average Bonchev–Trinajstić information content (AvgIpc) is 3.88. The second-order valence-electron chi connectivity index (χ2n) is 16.3. The number of benzene rings is 4. The Morgan fingerprint density at radius 2 is 1.02 bits per heavy atom. The van der Waals surface area contributed by atoms with Crippen LogP contribution in [0.3, 0.4) is 0 Å². The van der Waals surface area contributed by atoms with E-state index < -0.39 is 5.97 Å². The van der Waals surface area contributed by atoms with Crippen molar-refractivity contribution in [2.24, 2.45) is 23.7 Å². The molecule has 0 bridgehead atoms. The first-order valence-corrected chi connectivity index (χ1v) is 21.1. The minimum absolute atomic E-state index is 0. The molecule has 61 heavy (non-hydrogen) atoms. The van der Waals surface area contributed by atoms with Gasteiger partial charge in [0.25, 0.3) is 11.8 Å². The van der Waals surface area contributed by atoms with E-state index >= 15 is 0 Å². The van der Waals surface area contributed by atoms with Crippen LogP contribution in [0.25, 0.3) is 45.7 Å². The summed E-state index contributed by atoms with van der Waals surface area (Å²) in [5.41, 5.74) is 5.67. The first-order valence-electron chi connectivity index (χ1n) is 20.3. The highest BCUT2D eigenvalue weighted by molar-refractivity contribution is 6.32. The van der Waals surface area contributed by atoms with E-state index in [1.54, 1.807) is 25.1 Å². The van der Waals surface area contributed by atoms with E-state index in [9.17, 15) is 9.59 Å². The summed E-state index contributed by atoms with van der Waals surface area (Å²) in [4.78, 5) is 31.3. The zero-order valence-corrected chi connectivity index (χ0v) is 36.2. The molecule has 2 aromatic heterocycles. The summed E-state index contributed by atoms with van der Waals surface area (Å²) in [6.07, 6.45) is 5.51. The number of hydrogen-bond donors (Lipinski definition) is 1. The maximum absolute atomic E-state index is 11.4. The third-order valence-electron chi connectivity index (χ3n) is 10.8. The molecule has 12 nitrogen and oxygen atoms in total. The lowest BCUT2D eigenvalue weighted by Gasteiger charge is -2.33. The van der Waals surface area contributed by atoms with Crippen LogP contribution >= 0.6 is 23.2 Å². The number of hydrogen-bond acceptors (Lipinski definition) is 11. The van der Waals surface area contributed by atoms with Crippen molar-refractivity contribution >= 4 is 35.0 Å². The lowest BCUT2D eigenvalue weighted by atomic mass is 9.70. The molecule has 4 aromatic carbocycles.